The minimum Gasteiger partial charge on any atom is -0.368 e. The first-order valence-electron chi connectivity index (χ1n) is 9.57. The standard InChI is InChI=1S/C18H31N7O2/c1-18(2,6-10-27-24(3)8-7-19)11-20-16-15-17(22-12-21-16)25(13-23-15)14-5-4-9-26-14/h12-14H,4-11,19H2,1-3H3,(H,20,21,22)/t14-/m1/s1. The zero-order chi connectivity index (χ0) is 19.3. The molecule has 1 aliphatic rings. The third-order valence-electron chi connectivity index (χ3n) is 4.84. The molecule has 0 radical (unpaired) electrons. The van der Waals surface area contributed by atoms with E-state index in [1.165, 1.54) is 0 Å². The van der Waals surface area contributed by atoms with Gasteiger partial charge < -0.3 is 15.8 Å². The van der Waals surface area contributed by atoms with Gasteiger partial charge in [-0.3, -0.25) is 9.40 Å². The van der Waals surface area contributed by atoms with Crippen molar-refractivity contribution >= 4 is 17.0 Å². The largest absolute Gasteiger partial charge is 0.368 e. The van der Waals surface area contributed by atoms with Gasteiger partial charge in [0.15, 0.2) is 17.0 Å². The van der Waals surface area contributed by atoms with Crippen molar-refractivity contribution in [1.82, 2.24) is 24.6 Å². The zero-order valence-corrected chi connectivity index (χ0v) is 16.5. The van der Waals surface area contributed by atoms with Crippen molar-refractivity contribution in [3.63, 3.8) is 0 Å². The maximum absolute atomic E-state index is 5.76. The molecule has 0 aromatic carbocycles. The van der Waals surface area contributed by atoms with Gasteiger partial charge in [0.2, 0.25) is 0 Å². The Morgan fingerprint density at radius 3 is 3.00 bits per heavy atom. The molecule has 3 N–H and O–H groups in total. The normalized spacial score (nSPS) is 17.9. The number of likely N-dealkylation sites (N-methyl/N-ethyl adjacent to an activating group) is 1. The van der Waals surface area contributed by atoms with Crippen molar-refractivity contribution in [1.29, 1.82) is 0 Å². The highest BCUT2D eigenvalue weighted by Gasteiger charge is 2.23. The Hall–Kier alpha value is -1.81. The summed E-state index contributed by atoms with van der Waals surface area (Å²) in [6, 6.07) is 0. The summed E-state index contributed by atoms with van der Waals surface area (Å²) in [6.45, 7) is 7.92. The van der Waals surface area contributed by atoms with Crippen molar-refractivity contribution < 1.29 is 9.57 Å². The third-order valence-corrected chi connectivity index (χ3v) is 4.84. The molecule has 2 aromatic heterocycles. The zero-order valence-electron chi connectivity index (χ0n) is 16.5. The summed E-state index contributed by atoms with van der Waals surface area (Å²) >= 11 is 0. The average Bonchev–Trinajstić information content (AvgIpc) is 3.29. The molecule has 27 heavy (non-hydrogen) atoms. The summed E-state index contributed by atoms with van der Waals surface area (Å²) in [5.41, 5.74) is 7.16. The molecule has 1 saturated heterocycles. The second kappa shape index (κ2) is 8.92. The Morgan fingerprint density at radius 1 is 1.41 bits per heavy atom. The Balaban J connectivity index is 1.59. The summed E-state index contributed by atoms with van der Waals surface area (Å²) in [5, 5.41) is 5.23. The van der Waals surface area contributed by atoms with Gasteiger partial charge in [0.05, 0.1) is 12.9 Å². The summed E-state index contributed by atoms with van der Waals surface area (Å²) in [6.07, 6.45) is 6.37. The summed E-state index contributed by atoms with van der Waals surface area (Å²) in [4.78, 5) is 19.0. The lowest BCUT2D eigenvalue weighted by atomic mass is 9.90. The quantitative estimate of drug-likeness (QED) is 0.604. The number of hydroxylamine groups is 2. The number of hydrogen-bond acceptors (Lipinski definition) is 8. The minimum absolute atomic E-state index is 0.0249. The van der Waals surface area contributed by atoms with Gasteiger partial charge in [0.25, 0.3) is 0 Å². The molecule has 3 heterocycles. The highest BCUT2D eigenvalue weighted by atomic mass is 16.7. The van der Waals surface area contributed by atoms with Crippen molar-refractivity contribution in [2.45, 2.75) is 39.3 Å². The number of fused-ring (bicyclic) bond motifs is 1. The van der Waals surface area contributed by atoms with Crippen LogP contribution in [-0.2, 0) is 9.57 Å². The molecule has 9 heteroatoms. The van der Waals surface area contributed by atoms with Gasteiger partial charge in [-0.25, -0.2) is 15.0 Å². The first-order chi connectivity index (χ1) is 13.0. The van der Waals surface area contributed by atoms with E-state index in [9.17, 15) is 0 Å². The molecule has 0 aliphatic carbocycles. The van der Waals surface area contributed by atoms with Crippen molar-refractivity contribution in [3.05, 3.63) is 12.7 Å². The topological polar surface area (TPSA) is 103 Å². The summed E-state index contributed by atoms with van der Waals surface area (Å²) in [7, 11) is 1.90. The van der Waals surface area contributed by atoms with Crippen LogP contribution in [0.1, 0.15) is 39.3 Å². The number of anilines is 1. The molecule has 1 atom stereocenters. The van der Waals surface area contributed by atoms with Crippen LogP contribution in [-0.4, -0.2) is 64.5 Å². The van der Waals surface area contributed by atoms with E-state index < -0.39 is 0 Å². The fraction of sp³-hybridized carbons (Fsp3) is 0.722. The lowest BCUT2D eigenvalue weighted by molar-refractivity contribution is -0.143. The van der Waals surface area contributed by atoms with Gasteiger partial charge in [-0.15, -0.1) is 0 Å². The van der Waals surface area contributed by atoms with Crippen LogP contribution >= 0.6 is 0 Å². The number of nitrogens with two attached hydrogens (primary N) is 1. The lowest BCUT2D eigenvalue weighted by Crippen LogP contribution is -2.29. The Labute approximate surface area is 160 Å². The second-order valence-corrected chi connectivity index (χ2v) is 7.76. The van der Waals surface area contributed by atoms with E-state index in [-0.39, 0.29) is 11.6 Å². The predicted molar refractivity (Wildman–Crippen MR) is 104 cm³/mol. The first-order valence-corrected chi connectivity index (χ1v) is 9.57. The van der Waals surface area contributed by atoms with Crippen LogP contribution in [0.3, 0.4) is 0 Å². The lowest BCUT2D eigenvalue weighted by Gasteiger charge is -2.26. The van der Waals surface area contributed by atoms with Crippen LogP contribution in [0.25, 0.3) is 11.2 Å². The molecule has 2 aromatic rings. The molecule has 0 amide bonds. The molecule has 1 fully saturated rings. The van der Waals surface area contributed by atoms with Crippen LogP contribution in [0, 0.1) is 5.41 Å². The van der Waals surface area contributed by atoms with Crippen molar-refractivity contribution in [3.8, 4) is 0 Å². The maximum atomic E-state index is 5.76. The molecule has 3 rings (SSSR count). The van der Waals surface area contributed by atoms with Crippen LogP contribution < -0.4 is 11.1 Å². The van der Waals surface area contributed by atoms with Gasteiger partial charge in [0.1, 0.15) is 12.6 Å². The Kier molecular flexibility index (Phi) is 6.59. The molecule has 0 bridgehead atoms. The maximum Gasteiger partial charge on any atom is 0.167 e. The smallest absolute Gasteiger partial charge is 0.167 e. The van der Waals surface area contributed by atoms with E-state index in [2.05, 4.69) is 34.1 Å². The summed E-state index contributed by atoms with van der Waals surface area (Å²) in [5.74, 6) is 0.756. The highest BCUT2D eigenvalue weighted by Crippen LogP contribution is 2.28. The summed E-state index contributed by atoms with van der Waals surface area (Å²) < 4.78 is 7.76. The molecule has 0 spiro atoms. The van der Waals surface area contributed by atoms with Gasteiger partial charge in [-0.2, -0.15) is 5.06 Å². The van der Waals surface area contributed by atoms with Gasteiger partial charge in [0, 0.05) is 33.3 Å². The van der Waals surface area contributed by atoms with E-state index in [1.807, 2.05) is 11.6 Å². The number of nitrogens with zero attached hydrogens (tertiary/aromatic N) is 5. The molecule has 9 nitrogen and oxygen atoms in total. The van der Waals surface area contributed by atoms with E-state index in [4.69, 9.17) is 15.3 Å². The third kappa shape index (κ3) is 5.13. The molecular weight excluding hydrogens is 346 g/mol. The molecular formula is C18H31N7O2. The second-order valence-electron chi connectivity index (χ2n) is 7.76. The van der Waals surface area contributed by atoms with Crippen molar-refractivity contribution in [2.24, 2.45) is 11.1 Å². The molecule has 1 aliphatic heterocycles. The number of aromatic nitrogens is 4. The van der Waals surface area contributed by atoms with E-state index >= 15 is 0 Å². The van der Waals surface area contributed by atoms with Gasteiger partial charge in [-0.1, -0.05) is 13.8 Å². The number of imidazole rings is 1. The SMILES string of the molecule is CN(CCN)OCCC(C)(C)CNc1ncnc2c1ncn2[C@H]1CCCO1. The predicted octanol–water partition coefficient (Wildman–Crippen LogP) is 1.79. The van der Waals surface area contributed by atoms with Crippen LogP contribution in [0.4, 0.5) is 5.82 Å². The van der Waals surface area contributed by atoms with Crippen LogP contribution in [0.2, 0.25) is 0 Å². The van der Waals surface area contributed by atoms with E-state index in [1.54, 1.807) is 17.7 Å². The van der Waals surface area contributed by atoms with Gasteiger partial charge in [-0.05, 0) is 24.7 Å². The molecule has 0 unspecified atom stereocenters. The number of rotatable bonds is 10. The Bertz CT molecular complexity index is 728. The van der Waals surface area contributed by atoms with Crippen LogP contribution in [0.15, 0.2) is 12.7 Å². The van der Waals surface area contributed by atoms with E-state index in [0.29, 0.717) is 13.2 Å². The highest BCUT2D eigenvalue weighted by molar-refractivity contribution is 5.82. The van der Waals surface area contributed by atoms with Crippen LogP contribution in [0.5, 0.6) is 0 Å². The minimum atomic E-state index is 0.0249. The van der Waals surface area contributed by atoms with Gasteiger partial charge >= 0.3 is 0 Å². The molecule has 0 saturated carbocycles. The van der Waals surface area contributed by atoms with E-state index in [0.717, 1.165) is 55.9 Å². The Morgan fingerprint density at radius 2 is 2.26 bits per heavy atom. The first kappa shape index (κ1) is 19.9. The monoisotopic (exact) mass is 377 g/mol. The number of nitrogens with one attached hydrogen (secondary N) is 1. The molecule has 150 valence electrons. The fourth-order valence-electron chi connectivity index (χ4n) is 3.11. The number of hydrogen-bond donors (Lipinski definition) is 2. The number of ether oxygens (including phenoxy) is 1. The average molecular weight is 377 g/mol. The van der Waals surface area contributed by atoms with Crippen molar-refractivity contribution in [2.75, 3.05) is 45.2 Å². The fourth-order valence-corrected chi connectivity index (χ4v) is 3.11.